The van der Waals surface area contributed by atoms with Gasteiger partial charge in [0.15, 0.2) is 0 Å². The van der Waals surface area contributed by atoms with Gasteiger partial charge in [-0.25, -0.2) is 0 Å². The molecule has 1 atom stereocenters. The Labute approximate surface area is 101 Å². The summed E-state index contributed by atoms with van der Waals surface area (Å²) in [6, 6.07) is 5.32. The molecule has 4 nitrogen and oxygen atoms in total. The zero-order valence-corrected chi connectivity index (χ0v) is 9.99. The van der Waals surface area contributed by atoms with Gasteiger partial charge < -0.3 is 15.7 Å². The highest BCUT2D eigenvalue weighted by molar-refractivity contribution is 5.94. The van der Waals surface area contributed by atoms with E-state index in [2.05, 4.69) is 10.6 Å². The fourth-order valence-electron chi connectivity index (χ4n) is 2.02. The third-order valence-corrected chi connectivity index (χ3v) is 3.16. The Morgan fingerprint density at radius 1 is 1.59 bits per heavy atom. The highest BCUT2D eigenvalue weighted by Crippen LogP contribution is 2.25. The quantitative estimate of drug-likeness (QED) is 0.695. The van der Waals surface area contributed by atoms with Gasteiger partial charge in [0.1, 0.15) is 5.75 Å². The fraction of sp³-hybridized carbons (Fsp3) is 0.462. The number of aryl methyl sites for hydroxylation is 1. The molecule has 1 heterocycles. The number of hydrogen-bond donors (Lipinski definition) is 3. The molecular weight excluding hydrogens is 216 g/mol. The first kappa shape index (κ1) is 11.9. The predicted octanol–water partition coefficient (Wildman–Crippen LogP) is 1.50. The van der Waals surface area contributed by atoms with Gasteiger partial charge in [-0.1, -0.05) is 13.0 Å². The summed E-state index contributed by atoms with van der Waals surface area (Å²) in [4.78, 5) is 11.9. The minimum absolute atomic E-state index is 0.0136. The molecule has 0 aliphatic carbocycles. The van der Waals surface area contributed by atoms with Crippen molar-refractivity contribution in [1.82, 2.24) is 5.32 Å². The van der Waals surface area contributed by atoms with Gasteiger partial charge in [-0.05, 0) is 37.1 Å². The average Bonchev–Trinajstić information content (AvgIpc) is 2.85. The lowest BCUT2D eigenvalue weighted by Gasteiger charge is -2.12. The van der Waals surface area contributed by atoms with Crippen LogP contribution < -0.4 is 10.6 Å². The van der Waals surface area contributed by atoms with Crippen LogP contribution in [0.15, 0.2) is 18.2 Å². The predicted molar refractivity (Wildman–Crippen MR) is 67.1 cm³/mol. The van der Waals surface area contributed by atoms with E-state index in [4.69, 9.17) is 0 Å². The van der Waals surface area contributed by atoms with E-state index in [1.165, 1.54) is 0 Å². The lowest BCUT2D eigenvalue weighted by Crippen LogP contribution is -2.24. The normalized spacial score (nSPS) is 19.2. The second-order valence-corrected chi connectivity index (χ2v) is 4.38. The molecule has 4 heteroatoms. The largest absolute Gasteiger partial charge is 0.506 e. The third kappa shape index (κ3) is 2.77. The van der Waals surface area contributed by atoms with Gasteiger partial charge >= 0.3 is 0 Å². The van der Waals surface area contributed by atoms with E-state index in [1.54, 1.807) is 6.07 Å². The number of phenols is 1. The number of carbonyl (C=O) groups is 1. The highest BCUT2D eigenvalue weighted by Gasteiger charge is 2.22. The van der Waals surface area contributed by atoms with Gasteiger partial charge in [0.05, 0.1) is 11.6 Å². The maximum absolute atomic E-state index is 11.9. The number of nitrogens with one attached hydrogen (secondary N) is 2. The maximum Gasteiger partial charge on any atom is 0.228 e. The molecule has 3 N–H and O–H groups in total. The average molecular weight is 234 g/mol. The molecule has 0 radical (unpaired) electrons. The SMILES string of the molecule is CCc1ccc(O)c(NC(=O)C2CCNC2)c1. The van der Waals surface area contributed by atoms with Crippen molar-refractivity contribution in [3.05, 3.63) is 23.8 Å². The number of aromatic hydroxyl groups is 1. The number of carbonyl (C=O) groups excluding carboxylic acids is 1. The summed E-state index contributed by atoms with van der Waals surface area (Å²) in [7, 11) is 0. The number of rotatable bonds is 3. The standard InChI is InChI=1S/C13H18N2O2/c1-2-9-3-4-12(16)11(7-9)15-13(17)10-5-6-14-8-10/h3-4,7,10,14,16H,2,5-6,8H2,1H3,(H,15,17). The Kier molecular flexibility index (Phi) is 3.64. The molecule has 0 aromatic heterocycles. The van der Waals surface area contributed by atoms with Crippen molar-refractivity contribution in [3.63, 3.8) is 0 Å². The first-order chi connectivity index (χ1) is 8.20. The number of amides is 1. The van der Waals surface area contributed by atoms with Gasteiger partial charge in [0.2, 0.25) is 5.91 Å². The zero-order valence-electron chi connectivity index (χ0n) is 9.99. The van der Waals surface area contributed by atoms with Gasteiger partial charge in [0.25, 0.3) is 0 Å². The highest BCUT2D eigenvalue weighted by atomic mass is 16.3. The van der Waals surface area contributed by atoms with Crippen molar-refractivity contribution in [2.24, 2.45) is 5.92 Å². The van der Waals surface area contributed by atoms with Gasteiger partial charge in [-0.15, -0.1) is 0 Å². The Balaban J connectivity index is 2.09. The van der Waals surface area contributed by atoms with Crippen molar-refractivity contribution in [3.8, 4) is 5.75 Å². The summed E-state index contributed by atoms with van der Waals surface area (Å²) in [5.41, 5.74) is 1.61. The van der Waals surface area contributed by atoms with E-state index >= 15 is 0 Å². The summed E-state index contributed by atoms with van der Waals surface area (Å²) in [6.07, 6.45) is 1.74. The van der Waals surface area contributed by atoms with Crippen LogP contribution >= 0.6 is 0 Å². The molecule has 0 bridgehead atoms. The molecule has 17 heavy (non-hydrogen) atoms. The van der Waals surface area contributed by atoms with Crippen LogP contribution in [-0.4, -0.2) is 24.1 Å². The number of benzene rings is 1. The lowest BCUT2D eigenvalue weighted by atomic mass is 10.1. The molecule has 2 rings (SSSR count). The molecule has 0 saturated carbocycles. The molecule has 1 aliphatic rings. The Hall–Kier alpha value is -1.55. The topological polar surface area (TPSA) is 61.4 Å². The van der Waals surface area contributed by atoms with Crippen LogP contribution in [0.1, 0.15) is 18.9 Å². The van der Waals surface area contributed by atoms with Crippen LogP contribution in [0, 0.1) is 5.92 Å². The van der Waals surface area contributed by atoms with Crippen molar-refractivity contribution >= 4 is 11.6 Å². The second-order valence-electron chi connectivity index (χ2n) is 4.38. The summed E-state index contributed by atoms with van der Waals surface area (Å²) < 4.78 is 0. The smallest absolute Gasteiger partial charge is 0.228 e. The maximum atomic E-state index is 11.9. The molecule has 92 valence electrons. The summed E-state index contributed by atoms with van der Waals surface area (Å²) in [5.74, 6) is 0.125. The third-order valence-electron chi connectivity index (χ3n) is 3.16. The first-order valence-corrected chi connectivity index (χ1v) is 6.04. The van der Waals surface area contributed by atoms with Crippen LogP contribution in [0.2, 0.25) is 0 Å². The zero-order chi connectivity index (χ0) is 12.3. The van der Waals surface area contributed by atoms with Crippen LogP contribution in [0.4, 0.5) is 5.69 Å². The summed E-state index contributed by atoms with van der Waals surface area (Å²) in [5, 5.41) is 15.6. The van der Waals surface area contributed by atoms with Crippen LogP contribution in [-0.2, 0) is 11.2 Å². The number of hydrogen-bond acceptors (Lipinski definition) is 3. The molecule has 1 fully saturated rings. The first-order valence-electron chi connectivity index (χ1n) is 6.04. The van der Waals surface area contributed by atoms with E-state index < -0.39 is 0 Å². The molecule has 1 saturated heterocycles. The molecule has 1 aromatic carbocycles. The van der Waals surface area contributed by atoms with Gasteiger partial charge in [-0.3, -0.25) is 4.79 Å². The molecule has 1 aromatic rings. The van der Waals surface area contributed by atoms with E-state index in [1.807, 2.05) is 19.1 Å². The molecule has 1 aliphatic heterocycles. The van der Waals surface area contributed by atoms with E-state index in [9.17, 15) is 9.90 Å². The molecule has 1 unspecified atom stereocenters. The lowest BCUT2D eigenvalue weighted by molar-refractivity contribution is -0.119. The van der Waals surface area contributed by atoms with Crippen molar-refractivity contribution < 1.29 is 9.90 Å². The van der Waals surface area contributed by atoms with Crippen LogP contribution in [0.25, 0.3) is 0 Å². The fourth-order valence-corrected chi connectivity index (χ4v) is 2.02. The van der Waals surface area contributed by atoms with Crippen molar-refractivity contribution in [2.45, 2.75) is 19.8 Å². The number of anilines is 1. The van der Waals surface area contributed by atoms with E-state index in [0.717, 1.165) is 31.5 Å². The molecule has 1 amide bonds. The van der Waals surface area contributed by atoms with Crippen LogP contribution in [0.3, 0.4) is 0 Å². The van der Waals surface area contributed by atoms with Crippen molar-refractivity contribution in [1.29, 1.82) is 0 Å². The van der Waals surface area contributed by atoms with Crippen LogP contribution in [0.5, 0.6) is 5.75 Å². The minimum Gasteiger partial charge on any atom is -0.506 e. The van der Waals surface area contributed by atoms with Gasteiger partial charge in [-0.2, -0.15) is 0 Å². The Morgan fingerprint density at radius 2 is 2.41 bits per heavy atom. The minimum atomic E-state index is -0.0152. The van der Waals surface area contributed by atoms with E-state index in [-0.39, 0.29) is 17.6 Å². The monoisotopic (exact) mass is 234 g/mol. The van der Waals surface area contributed by atoms with Crippen molar-refractivity contribution in [2.75, 3.05) is 18.4 Å². The summed E-state index contributed by atoms with van der Waals surface area (Å²) >= 11 is 0. The Bertz CT molecular complexity index is 412. The van der Waals surface area contributed by atoms with E-state index in [0.29, 0.717) is 5.69 Å². The Morgan fingerprint density at radius 3 is 3.06 bits per heavy atom. The molecule has 0 spiro atoms. The second kappa shape index (κ2) is 5.19. The molecular formula is C13H18N2O2. The number of phenolic OH excluding ortho intramolecular Hbond substituents is 1. The van der Waals surface area contributed by atoms with Gasteiger partial charge in [0, 0.05) is 6.54 Å². The summed E-state index contributed by atoms with van der Waals surface area (Å²) in [6.45, 7) is 3.65.